The van der Waals surface area contributed by atoms with E-state index in [2.05, 4.69) is 41.5 Å². The predicted molar refractivity (Wildman–Crippen MR) is 101 cm³/mol. The SMILES string of the molecule is Cc1ccc(O)c(C=C2C=C(C(C)(C)C)C(=O)C(C(C)(C)C)=C2)c1. The molecule has 0 aliphatic heterocycles. The number of hydrogen-bond acceptors (Lipinski definition) is 2. The van der Waals surface area contributed by atoms with E-state index in [1.165, 1.54) is 0 Å². The number of allylic oxidation sites excluding steroid dienone is 5. The van der Waals surface area contributed by atoms with Gasteiger partial charge in [0.2, 0.25) is 0 Å². The zero-order valence-corrected chi connectivity index (χ0v) is 15.8. The molecule has 0 heterocycles. The lowest BCUT2D eigenvalue weighted by atomic mass is 9.72. The van der Waals surface area contributed by atoms with E-state index in [4.69, 9.17) is 0 Å². The summed E-state index contributed by atoms with van der Waals surface area (Å²) in [6, 6.07) is 5.54. The topological polar surface area (TPSA) is 37.3 Å². The van der Waals surface area contributed by atoms with Crippen molar-refractivity contribution in [2.45, 2.75) is 48.5 Å². The fourth-order valence-corrected chi connectivity index (χ4v) is 2.82. The molecule has 0 amide bonds. The maximum atomic E-state index is 12.9. The molecule has 24 heavy (non-hydrogen) atoms. The van der Waals surface area contributed by atoms with Gasteiger partial charge in [0.05, 0.1) is 0 Å². The number of benzene rings is 1. The van der Waals surface area contributed by atoms with Crippen LogP contribution < -0.4 is 0 Å². The number of phenols is 1. The minimum atomic E-state index is -0.227. The normalized spacial score (nSPS) is 16.0. The van der Waals surface area contributed by atoms with Crippen molar-refractivity contribution in [1.82, 2.24) is 0 Å². The number of carbonyl (C=O) groups excluding carboxylic acids is 1. The van der Waals surface area contributed by atoms with Crippen LogP contribution in [-0.2, 0) is 4.79 Å². The molecule has 0 spiro atoms. The number of hydrogen-bond donors (Lipinski definition) is 1. The van der Waals surface area contributed by atoms with Crippen LogP contribution in [0.5, 0.6) is 5.75 Å². The molecule has 1 aliphatic carbocycles. The molecule has 0 fully saturated rings. The smallest absolute Gasteiger partial charge is 0.186 e. The van der Waals surface area contributed by atoms with Gasteiger partial charge in [-0.3, -0.25) is 4.79 Å². The van der Waals surface area contributed by atoms with Gasteiger partial charge < -0.3 is 5.11 Å². The molecule has 1 aromatic carbocycles. The summed E-state index contributed by atoms with van der Waals surface area (Å²) in [5, 5.41) is 10.1. The van der Waals surface area contributed by atoms with Gasteiger partial charge in [-0.05, 0) is 53.7 Å². The number of ketones is 1. The zero-order chi connectivity index (χ0) is 18.3. The molecule has 2 rings (SSSR count). The first-order chi connectivity index (χ1) is 10.9. The molecular formula is C22H28O2. The number of rotatable bonds is 1. The Bertz CT molecular complexity index is 724. The highest BCUT2D eigenvalue weighted by Gasteiger charge is 2.33. The molecule has 0 atom stereocenters. The van der Waals surface area contributed by atoms with Crippen LogP contribution in [0.2, 0.25) is 0 Å². The molecule has 0 aromatic heterocycles. The Balaban J connectivity index is 2.64. The number of carbonyl (C=O) groups is 1. The lowest BCUT2D eigenvalue weighted by molar-refractivity contribution is -0.114. The van der Waals surface area contributed by atoms with Crippen LogP contribution in [-0.4, -0.2) is 10.9 Å². The second-order valence-electron chi connectivity index (χ2n) is 8.65. The molecule has 1 aromatic rings. The third-order valence-electron chi connectivity index (χ3n) is 4.23. The molecular weight excluding hydrogens is 296 g/mol. The highest BCUT2D eigenvalue weighted by molar-refractivity contribution is 6.12. The Hall–Kier alpha value is -2.09. The molecule has 0 saturated heterocycles. The van der Waals surface area contributed by atoms with Gasteiger partial charge in [0.25, 0.3) is 0 Å². The maximum absolute atomic E-state index is 12.9. The van der Waals surface area contributed by atoms with Crippen molar-refractivity contribution in [3.05, 3.63) is 58.2 Å². The highest BCUT2D eigenvalue weighted by atomic mass is 16.3. The average molecular weight is 324 g/mol. The monoisotopic (exact) mass is 324 g/mol. The maximum Gasteiger partial charge on any atom is 0.186 e. The summed E-state index contributed by atoms with van der Waals surface area (Å²) in [5.41, 5.74) is 3.98. The van der Waals surface area contributed by atoms with Gasteiger partial charge in [0, 0.05) is 16.7 Å². The number of aryl methyl sites for hydroxylation is 1. The predicted octanol–water partition coefficient (Wildman–Crippen LogP) is 5.61. The standard InChI is InChI=1S/C22H28O2/c1-14-8-9-19(23)16(10-14)11-15-12-17(21(2,3)4)20(24)18(13-15)22(5,6)7/h8-13,23H,1-7H3. The molecule has 0 saturated carbocycles. The first-order valence-electron chi connectivity index (χ1n) is 8.40. The first-order valence-corrected chi connectivity index (χ1v) is 8.40. The van der Waals surface area contributed by atoms with Gasteiger partial charge in [-0.2, -0.15) is 0 Å². The van der Waals surface area contributed by atoms with Crippen molar-refractivity contribution in [1.29, 1.82) is 0 Å². The lowest BCUT2D eigenvalue weighted by Gasteiger charge is -2.31. The van der Waals surface area contributed by atoms with Gasteiger partial charge in [-0.1, -0.05) is 53.2 Å². The fourth-order valence-electron chi connectivity index (χ4n) is 2.82. The third kappa shape index (κ3) is 3.87. The van der Waals surface area contributed by atoms with E-state index in [0.29, 0.717) is 0 Å². The molecule has 0 radical (unpaired) electrons. The second kappa shape index (κ2) is 6.08. The van der Waals surface area contributed by atoms with Gasteiger partial charge in [-0.15, -0.1) is 0 Å². The minimum Gasteiger partial charge on any atom is -0.507 e. The van der Waals surface area contributed by atoms with Crippen LogP contribution >= 0.6 is 0 Å². The Morgan fingerprint density at radius 2 is 1.42 bits per heavy atom. The summed E-state index contributed by atoms with van der Waals surface area (Å²) < 4.78 is 0. The Kier molecular flexibility index (Phi) is 4.63. The first kappa shape index (κ1) is 18.3. The van der Waals surface area contributed by atoms with E-state index in [0.717, 1.165) is 27.8 Å². The third-order valence-corrected chi connectivity index (χ3v) is 4.23. The number of phenolic OH excluding ortho intramolecular Hbond substituents is 1. The Morgan fingerprint density at radius 3 is 1.88 bits per heavy atom. The van der Waals surface area contributed by atoms with Gasteiger partial charge >= 0.3 is 0 Å². The Morgan fingerprint density at radius 1 is 0.917 bits per heavy atom. The zero-order valence-electron chi connectivity index (χ0n) is 15.8. The molecule has 2 heteroatoms. The average Bonchev–Trinajstić information content (AvgIpc) is 2.42. The van der Waals surface area contributed by atoms with Gasteiger partial charge in [0.15, 0.2) is 5.78 Å². The summed E-state index contributed by atoms with van der Waals surface area (Å²) in [4.78, 5) is 12.9. The number of Topliss-reactive ketones (excluding diaryl/α,β-unsaturated/α-hetero) is 1. The molecule has 128 valence electrons. The summed E-state index contributed by atoms with van der Waals surface area (Å²) in [7, 11) is 0. The van der Waals surface area contributed by atoms with Crippen molar-refractivity contribution < 1.29 is 9.90 Å². The number of aromatic hydroxyl groups is 1. The van der Waals surface area contributed by atoms with E-state index in [1.54, 1.807) is 6.07 Å². The van der Waals surface area contributed by atoms with Gasteiger partial charge in [-0.25, -0.2) is 0 Å². The van der Waals surface area contributed by atoms with E-state index >= 15 is 0 Å². The fraction of sp³-hybridized carbons (Fsp3) is 0.409. The summed E-state index contributed by atoms with van der Waals surface area (Å²) in [5.74, 6) is 0.377. The van der Waals surface area contributed by atoms with Crippen molar-refractivity contribution in [3.8, 4) is 5.75 Å². The van der Waals surface area contributed by atoms with Crippen LogP contribution in [0.25, 0.3) is 6.08 Å². The van der Waals surface area contributed by atoms with E-state index < -0.39 is 0 Å². The molecule has 1 N–H and O–H groups in total. The summed E-state index contributed by atoms with van der Waals surface area (Å²) in [6.45, 7) is 14.4. The van der Waals surface area contributed by atoms with E-state index in [-0.39, 0.29) is 22.4 Å². The highest BCUT2D eigenvalue weighted by Crippen LogP contribution is 2.39. The van der Waals surface area contributed by atoms with Crippen molar-refractivity contribution in [2.24, 2.45) is 10.8 Å². The summed E-state index contributed by atoms with van der Waals surface area (Å²) >= 11 is 0. The molecule has 1 aliphatic rings. The molecule has 0 bridgehead atoms. The van der Waals surface area contributed by atoms with Crippen LogP contribution in [0.1, 0.15) is 52.7 Å². The van der Waals surface area contributed by atoms with Gasteiger partial charge in [0.1, 0.15) is 5.75 Å². The second-order valence-corrected chi connectivity index (χ2v) is 8.65. The minimum absolute atomic E-state index is 0.126. The molecule has 0 unspecified atom stereocenters. The quantitative estimate of drug-likeness (QED) is 0.729. The van der Waals surface area contributed by atoms with E-state index in [9.17, 15) is 9.90 Å². The lowest BCUT2D eigenvalue weighted by Crippen LogP contribution is -2.27. The largest absolute Gasteiger partial charge is 0.507 e. The Labute approximate surface area is 145 Å². The van der Waals surface area contributed by atoms with E-state index in [1.807, 2.05) is 37.3 Å². The van der Waals surface area contributed by atoms with Crippen LogP contribution in [0.15, 0.2) is 47.1 Å². The molecule has 2 nitrogen and oxygen atoms in total. The van der Waals surface area contributed by atoms with Crippen molar-refractivity contribution >= 4 is 11.9 Å². The van der Waals surface area contributed by atoms with Crippen LogP contribution in [0.3, 0.4) is 0 Å². The van der Waals surface area contributed by atoms with Crippen LogP contribution in [0, 0.1) is 17.8 Å². The van der Waals surface area contributed by atoms with Crippen molar-refractivity contribution in [3.63, 3.8) is 0 Å². The van der Waals surface area contributed by atoms with Crippen molar-refractivity contribution in [2.75, 3.05) is 0 Å². The summed E-state index contributed by atoms with van der Waals surface area (Å²) in [6.07, 6.45) is 5.87. The van der Waals surface area contributed by atoms with Crippen LogP contribution in [0.4, 0.5) is 0 Å².